The second-order valence-corrected chi connectivity index (χ2v) is 4.33. The summed E-state index contributed by atoms with van der Waals surface area (Å²) in [6, 6.07) is 14.6. The maximum Gasteiger partial charge on any atom is 0.216 e. The molecule has 0 aliphatic rings. The zero-order chi connectivity index (χ0) is 13.9. The smallest absolute Gasteiger partial charge is 0.216 e. The molecule has 2 aromatic carbocycles. The monoisotopic (exact) mass is 267 g/mol. The maximum absolute atomic E-state index is 12.4. The van der Waals surface area contributed by atoms with E-state index in [2.05, 4.69) is 5.32 Å². The van der Waals surface area contributed by atoms with Gasteiger partial charge in [0.15, 0.2) is 0 Å². The molecule has 0 amide bonds. The molecular formula is C16H13NO3. The van der Waals surface area contributed by atoms with Gasteiger partial charge in [-0.2, -0.15) is 0 Å². The SMILES string of the molecule is COc1ccc2c(=O)c(Nc3ccccc3)coc2c1. The molecule has 100 valence electrons. The molecule has 0 aliphatic carbocycles. The third-order valence-electron chi connectivity index (χ3n) is 3.03. The number of hydrogen-bond acceptors (Lipinski definition) is 4. The molecule has 0 saturated heterocycles. The van der Waals surface area contributed by atoms with Gasteiger partial charge < -0.3 is 14.5 Å². The molecule has 1 heterocycles. The molecule has 1 N–H and O–H groups in total. The highest BCUT2D eigenvalue weighted by Crippen LogP contribution is 2.21. The third kappa shape index (κ3) is 2.23. The molecule has 0 spiro atoms. The van der Waals surface area contributed by atoms with Crippen LogP contribution < -0.4 is 15.5 Å². The van der Waals surface area contributed by atoms with Gasteiger partial charge in [0.1, 0.15) is 23.3 Å². The average molecular weight is 267 g/mol. The van der Waals surface area contributed by atoms with Crippen LogP contribution in [0, 0.1) is 0 Å². The predicted molar refractivity (Wildman–Crippen MR) is 78.8 cm³/mol. The number of hydrogen-bond donors (Lipinski definition) is 1. The van der Waals surface area contributed by atoms with Gasteiger partial charge in [-0.15, -0.1) is 0 Å². The number of nitrogens with one attached hydrogen (secondary N) is 1. The normalized spacial score (nSPS) is 10.4. The number of ether oxygens (including phenoxy) is 1. The van der Waals surface area contributed by atoms with E-state index in [1.807, 2.05) is 30.3 Å². The highest BCUT2D eigenvalue weighted by Gasteiger charge is 2.08. The summed E-state index contributed by atoms with van der Waals surface area (Å²) in [7, 11) is 1.57. The Hall–Kier alpha value is -2.75. The van der Waals surface area contributed by atoms with Crippen LogP contribution in [-0.4, -0.2) is 7.11 Å². The number of rotatable bonds is 3. The van der Waals surface area contributed by atoms with Gasteiger partial charge in [0.05, 0.1) is 12.5 Å². The Morgan fingerprint density at radius 1 is 1.10 bits per heavy atom. The summed E-state index contributed by atoms with van der Waals surface area (Å²) in [5.41, 5.74) is 1.66. The zero-order valence-corrected chi connectivity index (χ0v) is 10.9. The molecule has 0 radical (unpaired) electrons. The van der Waals surface area contributed by atoms with Crippen molar-refractivity contribution in [2.24, 2.45) is 0 Å². The molecular weight excluding hydrogens is 254 g/mol. The maximum atomic E-state index is 12.4. The number of fused-ring (bicyclic) bond motifs is 1. The van der Waals surface area contributed by atoms with Crippen molar-refractivity contribution in [3.63, 3.8) is 0 Å². The minimum atomic E-state index is -0.0993. The van der Waals surface area contributed by atoms with Crippen molar-refractivity contribution in [2.75, 3.05) is 12.4 Å². The van der Waals surface area contributed by atoms with Crippen molar-refractivity contribution in [2.45, 2.75) is 0 Å². The van der Waals surface area contributed by atoms with Crippen LogP contribution in [0.2, 0.25) is 0 Å². The third-order valence-corrected chi connectivity index (χ3v) is 3.03. The van der Waals surface area contributed by atoms with Crippen LogP contribution in [0.1, 0.15) is 0 Å². The fourth-order valence-corrected chi connectivity index (χ4v) is 2.00. The largest absolute Gasteiger partial charge is 0.497 e. The summed E-state index contributed by atoms with van der Waals surface area (Å²) in [4.78, 5) is 12.4. The van der Waals surface area contributed by atoms with Crippen LogP contribution >= 0.6 is 0 Å². The molecule has 3 rings (SSSR count). The van der Waals surface area contributed by atoms with Crippen LogP contribution in [0.4, 0.5) is 11.4 Å². The number of anilines is 2. The fraction of sp³-hybridized carbons (Fsp3) is 0.0625. The summed E-state index contributed by atoms with van der Waals surface area (Å²) < 4.78 is 10.6. The molecule has 0 unspecified atom stereocenters. The van der Waals surface area contributed by atoms with Crippen molar-refractivity contribution in [1.29, 1.82) is 0 Å². The van der Waals surface area contributed by atoms with E-state index in [1.54, 1.807) is 25.3 Å². The van der Waals surface area contributed by atoms with Gasteiger partial charge in [-0.3, -0.25) is 4.79 Å². The Balaban J connectivity index is 2.05. The van der Waals surface area contributed by atoms with Gasteiger partial charge >= 0.3 is 0 Å². The molecule has 3 aromatic rings. The lowest BCUT2D eigenvalue weighted by atomic mass is 10.2. The van der Waals surface area contributed by atoms with E-state index in [4.69, 9.17) is 9.15 Å². The standard InChI is InChI=1S/C16H13NO3/c1-19-12-7-8-13-15(9-12)20-10-14(16(13)18)17-11-5-3-2-4-6-11/h2-10,17H,1H3. The first-order valence-corrected chi connectivity index (χ1v) is 6.19. The van der Waals surface area contributed by atoms with Gasteiger partial charge in [0.25, 0.3) is 0 Å². The fourth-order valence-electron chi connectivity index (χ4n) is 2.00. The van der Waals surface area contributed by atoms with E-state index in [1.165, 1.54) is 6.26 Å². The molecule has 4 nitrogen and oxygen atoms in total. The summed E-state index contributed by atoms with van der Waals surface area (Å²) in [6.45, 7) is 0. The van der Waals surface area contributed by atoms with Crippen molar-refractivity contribution >= 4 is 22.3 Å². The van der Waals surface area contributed by atoms with E-state index < -0.39 is 0 Å². The van der Waals surface area contributed by atoms with Crippen molar-refractivity contribution in [1.82, 2.24) is 0 Å². The van der Waals surface area contributed by atoms with E-state index in [-0.39, 0.29) is 5.43 Å². The quantitative estimate of drug-likeness (QED) is 0.788. The summed E-state index contributed by atoms with van der Waals surface area (Å²) in [5, 5.41) is 3.58. The minimum Gasteiger partial charge on any atom is -0.497 e. The van der Waals surface area contributed by atoms with Crippen molar-refractivity contribution < 1.29 is 9.15 Å². The van der Waals surface area contributed by atoms with Crippen LogP contribution in [0.3, 0.4) is 0 Å². The predicted octanol–water partition coefficient (Wildman–Crippen LogP) is 3.55. The van der Waals surface area contributed by atoms with Crippen LogP contribution in [0.25, 0.3) is 11.0 Å². The Bertz CT molecular complexity index is 794. The molecule has 0 fully saturated rings. The number of methoxy groups -OCH3 is 1. The highest BCUT2D eigenvalue weighted by molar-refractivity contribution is 5.81. The lowest BCUT2D eigenvalue weighted by Crippen LogP contribution is -2.07. The van der Waals surface area contributed by atoms with Gasteiger partial charge in [-0.1, -0.05) is 18.2 Å². The molecule has 0 saturated carbocycles. The summed E-state index contributed by atoms with van der Waals surface area (Å²) >= 11 is 0. The molecule has 0 atom stereocenters. The first kappa shape index (κ1) is 12.3. The molecule has 20 heavy (non-hydrogen) atoms. The average Bonchev–Trinajstić information content (AvgIpc) is 2.51. The Morgan fingerprint density at radius 2 is 1.90 bits per heavy atom. The van der Waals surface area contributed by atoms with E-state index in [0.29, 0.717) is 22.4 Å². The highest BCUT2D eigenvalue weighted by atomic mass is 16.5. The number of para-hydroxylation sites is 1. The van der Waals surface area contributed by atoms with Crippen LogP contribution in [0.5, 0.6) is 5.75 Å². The van der Waals surface area contributed by atoms with Crippen molar-refractivity contribution in [3.05, 3.63) is 65.0 Å². The van der Waals surface area contributed by atoms with E-state index >= 15 is 0 Å². The molecule has 1 aromatic heterocycles. The second-order valence-electron chi connectivity index (χ2n) is 4.33. The summed E-state index contributed by atoms with van der Waals surface area (Å²) in [5.74, 6) is 0.657. The van der Waals surface area contributed by atoms with E-state index in [0.717, 1.165) is 5.69 Å². The van der Waals surface area contributed by atoms with E-state index in [9.17, 15) is 4.79 Å². The zero-order valence-electron chi connectivity index (χ0n) is 10.9. The lowest BCUT2D eigenvalue weighted by Gasteiger charge is -2.06. The van der Waals surface area contributed by atoms with Gasteiger partial charge in [0.2, 0.25) is 5.43 Å². The Labute approximate surface area is 115 Å². The van der Waals surface area contributed by atoms with Gasteiger partial charge in [-0.05, 0) is 24.3 Å². The molecule has 4 heteroatoms. The lowest BCUT2D eigenvalue weighted by molar-refractivity contribution is 0.414. The number of benzene rings is 2. The van der Waals surface area contributed by atoms with Crippen molar-refractivity contribution in [3.8, 4) is 5.75 Å². The Kier molecular flexibility index (Phi) is 3.13. The first-order valence-electron chi connectivity index (χ1n) is 6.19. The van der Waals surface area contributed by atoms with Crippen LogP contribution in [0.15, 0.2) is 64.0 Å². The Morgan fingerprint density at radius 3 is 2.65 bits per heavy atom. The molecule has 0 aliphatic heterocycles. The van der Waals surface area contributed by atoms with Gasteiger partial charge in [-0.25, -0.2) is 0 Å². The summed E-state index contributed by atoms with van der Waals surface area (Å²) in [6.07, 6.45) is 1.43. The topological polar surface area (TPSA) is 51.5 Å². The van der Waals surface area contributed by atoms with Gasteiger partial charge in [0, 0.05) is 11.8 Å². The minimum absolute atomic E-state index is 0.0993. The molecule has 0 bridgehead atoms. The first-order chi connectivity index (χ1) is 9.78. The van der Waals surface area contributed by atoms with Crippen LogP contribution in [-0.2, 0) is 0 Å². The second kappa shape index (κ2) is 5.09.